The molecule has 0 amide bonds. The second kappa shape index (κ2) is 4.60. The number of hydrogen-bond donors (Lipinski definition) is 2. The highest BCUT2D eigenvalue weighted by Gasteiger charge is 2.56. The highest BCUT2D eigenvalue weighted by Crippen LogP contribution is 2.51. The van der Waals surface area contributed by atoms with Gasteiger partial charge in [-0.05, 0) is 44.4 Å². The number of hydrogen-bond acceptors (Lipinski definition) is 2. The van der Waals surface area contributed by atoms with Crippen molar-refractivity contribution >= 4 is 5.97 Å². The first-order valence-electron chi connectivity index (χ1n) is 6.96. The lowest BCUT2D eigenvalue weighted by molar-refractivity contribution is -0.182. The van der Waals surface area contributed by atoms with E-state index in [1.807, 2.05) is 0 Å². The van der Waals surface area contributed by atoms with Crippen molar-refractivity contribution in [3.05, 3.63) is 0 Å². The Hall–Kier alpha value is -0.570. The van der Waals surface area contributed by atoms with Gasteiger partial charge in [-0.25, -0.2) is 0 Å². The van der Waals surface area contributed by atoms with Crippen molar-refractivity contribution in [3.63, 3.8) is 0 Å². The maximum atomic E-state index is 11.7. The summed E-state index contributed by atoms with van der Waals surface area (Å²) >= 11 is 0. The third-order valence-corrected chi connectivity index (χ3v) is 5.11. The number of aliphatic hydroxyl groups is 1. The van der Waals surface area contributed by atoms with E-state index in [1.165, 1.54) is 0 Å². The Balaban J connectivity index is 2.23. The quantitative estimate of drug-likeness (QED) is 0.780. The zero-order valence-corrected chi connectivity index (χ0v) is 10.7. The lowest BCUT2D eigenvalue weighted by Gasteiger charge is -2.49. The van der Waals surface area contributed by atoms with E-state index in [1.54, 1.807) is 0 Å². The minimum Gasteiger partial charge on any atom is -0.481 e. The van der Waals surface area contributed by atoms with Crippen molar-refractivity contribution in [1.29, 1.82) is 0 Å². The standard InChI is InChI=1S/C14H24O3/c1-11-5-9-14(17,10-6-11)13(12(15)16)7-3-2-4-8-13/h11,17H,2-10H2,1H3,(H,15,16). The molecule has 0 bridgehead atoms. The Morgan fingerprint density at radius 1 is 1.06 bits per heavy atom. The highest BCUT2D eigenvalue weighted by atomic mass is 16.4. The van der Waals surface area contributed by atoms with Crippen LogP contribution in [0.2, 0.25) is 0 Å². The number of carbonyl (C=O) groups is 1. The van der Waals surface area contributed by atoms with E-state index in [9.17, 15) is 15.0 Å². The monoisotopic (exact) mass is 240 g/mol. The van der Waals surface area contributed by atoms with Crippen LogP contribution in [0, 0.1) is 11.3 Å². The van der Waals surface area contributed by atoms with Crippen molar-refractivity contribution in [1.82, 2.24) is 0 Å². The second-order valence-corrected chi connectivity index (χ2v) is 6.16. The average Bonchev–Trinajstić information content (AvgIpc) is 2.34. The first kappa shape index (κ1) is 12.9. The molecule has 0 atom stereocenters. The van der Waals surface area contributed by atoms with E-state index in [-0.39, 0.29) is 0 Å². The van der Waals surface area contributed by atoms with E-state index in [0.29, 0.717) is 31.6 Å². The molecule has 2 N–H and O–H groups in total. The Morgan fingerprint density at radius 2 is 1.59 bits per heavy atom. The van der Waals surface area contributed by atoms with Crippen molar-refractivity contribution in [2.75, 3.05) is 0 Å². The fourth-order valence-corrected chi connectivity index (χ4v) is 3.75. The molecule has 2 rings (SSSR count). The Morgan fingerprint density at radius 3 is 2.06 bits per heavy atom. The van der Waals surface area contributed by atoms with Crippen molar-refractivity contribution < 1.29 is 15.0 Å². The van der Waals surface area contributed by atoms with Crippen LogP contribution in [0.15, 0.2) is 0 Å². The first-order chi connectivity index (χ1) is 8.00. The Kier molecular flexibility index (Phi) is 3.48. The van der Waals surface area contributed by atoms with Gasteiger partial charge in [0.1, 0.15) is 0 Å². The Labute approximate surface area is 103 Å². The van der Waals surface area contributed by atoms with Gasteiger partial charge in [-0.15, -0.1) is 0 Å². The van der Waals surface area contributed by atoms with Gasteiger partial charge in [0, 0.05) is 0 Å². The van der Waals surface area contributed by atoms with E-state index in [2.05, 4.69) is 6.92 Å². The molecule has 3 heteroatoms. The molecule has 2 saturated carbocycles. The maximum Gasteiger partial charge on any atom is 0.312 e. The van der Waals surface area contributed by atoms with Crippen LogP contribution in [0.4, 0.5) is 0 Å². The smallest absolute Gasteiger partial charge is 0.312 e. The van der Waals surface area contributed by atoms with Gasteiger partial charge in [-0.2, -0.15) is 0 Å². The van der Waals surface area contributed by atoms with Crippen molar-refractivity contribution in [3.8, 4) is 0 Å². The van der Waals surface area contributed by atoms with Gasteiger partial charge in [0.2, 0.25) is 0 Å². The molecule has 0 aromatic heterocycles. The molecule has 0 spiro atoms. The lowest BCUT2D eigenvalue weighted by Crippen LogP contribution is -2.55. The molecular weight excluding hydrogens is 216 g/mol. The van der Waals surface area contributed by atoms with Crippen LogP contribution >= 0.6 is 0 Å². The normalized spacial score (nSPS) is 37.6. The highest BCUT2D eigenvalue weighted by molar-refractivity contribution is 5.76. The number of carboxylic acids is 1. The van der Waals surface area contributed by atoms with Gasteiger partial charge in [0.25, 0.3) is 0 Å². The molecule has 0 saturated heterocycles. The summed E-state index contributed by atoms with van der Waals surface area (Å²) in [4.78, 5) is 11.7. The number of rotatable bonds is 2. The number of aliphatic carboxylic acids is 1. The molecule has 2 fully saturated rings. The van der Waals surface area contributed by atoms with E-state index >= 15 is 0 Å². The minimum absolute atomic E-state index is 0.629. The first-order valence-corrected chi connectivity index (χ1v) is 6.96. The number of carboxylic acid groups (broad SMARTS) is 1. The molecule has 0 radical (unpaired) electrons. The van der Waals surface area contributed by atoms with Gasteiger partial charge < -0.3 is 10.2 Å². The fraction of sp³-hybridized carbons (Fsp3) is 0.929. The summed E-state index contributed by atoms with van der Waals surface area (Å²) < 4.78 is 0. The van der Waals surface area contributed by atoms with Crippen LogP contribution in [0.1, 0.15) is 64.7 Å². The van der Waals surface area contributed by atoms with Crippen LogP contribution in [0.3, 0.4) is 0 Å². The predicted octanol–water partition coefficient (Wildman–Crippen LogP) is 2.96. The van der Waals surface area contributed by atoms with Gasteiger partial charge in [-0.1, -0.05) is 26.2 Å². The molecule has 3 nitrogen and oxygen atoms in total. The van der Waals surface area contributed by atoms with Gasteiger partial charge in [0.15, 0.2) is 0 Å². The summed E-state index contributed by atoms with van der Waals surface area (Å²) in [5.74, 6) is -0.140. The lowest BCUT2D eigenvalue weighted by atomic mass is 9.58. The average molecular weight is 240 g/mol. The zero-order chi connectivity index (χ0) is 12.5. The molecule has 2 aliphatic carbocycles. The fourth-order valence-electron chi connectivity index (χ4n) is 3.75. The molecule has 98 valence electrons. The van der Waals surface area contributed by atoms with E-state index in [0.717, 1.165) is 32.1 Å². The van der Waals surface area contributed by atoms with Crippen LogP contribution in [0.5, 0.6) is 0 Å². The summed E-state index contributed by atoms with van der Waals surface area (Å²) in [5.41, 5.74) is -1.81. The summed E-state index contributed by atoms with van der Waals surface area (Å²) in [6.45, 7) is 2.19. The zero-order valence-electron chi connectivity index (χ0n) is 10.7. The van der Waals surface area contributed by atoms with Crippen molar-refractivity contribution in [2.45, 2.75) is 70.3 Å². The van der Waals surface area contributed by atoms with Crippen LogP contribution in [0.25, 0.3) is 0 Å². The van der Waals surface area contributed by atoms with Crippen LogP contribution in [-0.4, -0.2) is 21.8 Å². The molecule has 0 aromatic carbocycles. The minimum atomic E-state index is -0.953. The molecule has 17 heavy (non-hydrogen) atoms. The molecular formula is C14H24O3. The molecule has 2 aliphatic rings. The predicted molar refractivity (Wildman–Crippen MR) is 65.7 cm³/mol. The molecule has 0 aromatic rings. The van der Waals surface area contributed by atoms with E-state index < -0.39 is 17.0 Å². The van der Waals surface area contributed by atoms with E-state index in [4.69, 9.17) is 0 Å². The second-order valence-electron chi connectivity index (χ2n) is 6.16. The molecule has 0 aliphatic heterocycles. The SMILES string of the molecule is CC1CCC(O)(C2(C(=O)O)CCCCC2)CC1. The summed E-state index contributed by atoms with van der Waals surface area (Å²) in [6, 6.07) is 0. The largest absolute Gasteiger partial charge is 0.481 e. The topological polar surface area (TPSA) is 57.5 Å². The van der Waals surface area contributed by atoms with Gasteiger partial charge >= 0.3 is 5.97 Å². The summed E-state index contributed by atoms with van der Waals surface area (Å²) in [6.07, 6.45) is 7.59. The van der Waals surface area contributed by atoms with Gasteiger partial charge in [-0.3, -0.25) is 4.79 Å². The Bertz CT molecular complexity index is 284. The third kappa shape index (κ3) is 2.10. The summed E-state index contributed by atoms with van der Waals surface area (Å²) in [5, 5.41) is 20.5. The summed E-state index contributed by atoms with van der Waals surface area (Å²) in [7, 11) is 0. The van der Waals surface area contributed by atoms with Gasteiger partial charge in [0.05, 0.1) is 11.0 Å². The molecule has 0 heterocycles. The third-order valence-electron chi connectivity index (χ3n) is 5.11. The van der Waals surface area contributed by atoms with Crippen LogP contribution in [-0.2, 0) is 4.79 Å². The van der Waals surface area contributed by atoms with Crippen molar-refractivity contribution in [2.24, 2.45) is 11.3 Å². The molecule has 0 unspecified atom stereocenters. The van der Waals surface area contributed by atoms with Crippen LogP contribution < -0.4 is 0 Å². The maximum absolute atomic E-state index is 11.7.